The third-order valence-electron chi connectivity index (χ3n) is 2.06. The molecule has 0 aliphatic carbocycles. The van der Waals surface area contributed by atoms with Gasteiger partial charge in [-0.25, -0.2) is 4.79 Å². The van der Waals surface area contributed by atoms with Crippen LogP contribution in [0.4, 0.5) is 0 Å². The molecule has 1 heterocycles. The highest BCUT2D eigenvalue weighted by Crippen LogP contribution is 2.32. The second-order valence-electron chi connectivity index (χ2n) is 3.32. The molecule has 1 aromatic carbocycles. The van der Waals surface area contributed by atoms with Crippen molar-refractivity contribution in [1.29, 1.82) is 0 Å². The van der Waals surface area contributed by atoms with Crippen molar-refractivity contribution in [3.63, 3.8) is 0 Å². The van der Waals surface area contributed by atoms with E-state index in [1.54, 1.807) is 18.2 Å². The van der Waals surface area contributed by atoms with Gasteiger partial charge in [0.25, 0.3) is 0 Å². The predicted octanol–water partition coefficient (Wildman–Crippen LogP) is 3.26. The summed E-state index contributed by atoms with van der Waals surface area (Å²) < 4.78 is 10.1. The maximum absolute atomic E-state index is 10.6. The molecule has 2 rings (SSSR count). The van der Waals surface area contributed by atoms with E-state index in [0.29, 0.717) is 15.8 Å². The Bertz CT molecular complexity index is 562. The largest absolute Gasteiger partial charge is 0.482 e. The van der Waals surface area contributed by atoms with Gasteiger partial charge in [-0.3, -0.25) is 0 Å². The molecule has 0 aliphatic rings. The van der Waals surface area contributed by atoms with Crippen molar-refractivity contribution in [2.45, 2.75) is 6.61 Å². The Hall–Kier alpha value is -1.72. The molecule has 0 fully saturated rings. The molecule has 0 radical (unpaired) electrons. The molecule has 94 valence electrons. The second-order valence-corrected chi connectivity index (χ2v) is 4.14. The van der Waals surface area contributed by atoms with E-state index in [1.807, 2.05) is 0 Å². The van der Waals surface area contributed by atoms with Crippen LogP contribution in [-0.4, -0.2) is 16.2 Å². The van der Waals surface area contributed by atoms with Gasteiger partial charge < -0.3 is 14.4 Å². The summed E-state index contributed by atoms with van der Waals surface area (Å²) in [4.78, 5) is 10.6. The van der Waals surface area contributed by atoms with E-state index in [9.17, 15) is 4.79 Å². The van der Waals surface area contributed by atoms with Crippen LogP contribution in [-0.2, 0) is 6.61 Å². The quantitative estimate of drug-likeness (QED) is 0.934. The van der Waals surface area contributed by atoms with Gasteiger partial charge in [0.05, 0.1) is 10.0 Å². The van der Waals surface area contributed by atoms with Crippen molar-refractivity contribution in [3.05, 3.63) is 45.8 Å². The minimum atomic E-state index is -1.17. The van der Waals surface area contributed by atoms with E-state index < -0.39 is 5.97 Å². The third kappa shape index (κ3) is 2.75. The number of ether oxygens (including phenoxy) is 1. The molecule has 0 bridgehead atoms. The van der Waals surface area contributed by atoms with Crippen molar-refractivity contribution >= 4 is 29.2 Å². The summed E-state index contributed by atoms with van der Waals surface area (Å²) in [5.41, 5.74) is -0.182. The lowest BCUT2D eigenvalue weighted by molar-refractivity contribution is 0.0685. The molecule has 0 atom stereocenters. The average Bonchev–Trinajstić information content (AvgIpc) is 2.77. The van der Waals surface area contributed by atoms with E-state index in [2.05, 4.69) is 5.16 Å². The first-order valence-electron chi connectivity index (χ1n) is 4.83. The number of benzene rings is 1. The zero-order valence-electron chi connectivity index (χ0n) is 8.89. The fourth-order valence-corrected chi connectivity index (χ4v) is 1.75. The van der Waals surface area contributed by atoms with Gasteiger partial charge in [0.2, 0.25) is 0 Å². The number of para-hydroxylation sites is 1. The van der Waals surface area contributed by atoms with E-state index in [4.69, 9.17) is 37.6 Å². The monoisotopic (exact) mass is 287 g/mol. The van der Waals surface area contributed by atoms with Crippen molar-refractivity contribution in [2.24, 2.45) is 0 Å². The zero-order chi connectivity index (χ0) is 13.1. The van der Waals surface area contributed by atoms with E-state index in [0.717, 1.165) is 0 Å². The number of carboxylic acid groups (broad SMARTS) is 1. The molecule has 0 saturated heterocycles. The predicted molar refractivity (Wildman–Crippen MR) is 64.3 cm³/mol. The summed E-state index contributed by atoms with van der Waals surface area (Å²) in [7, 11) is 0. The number of hydrogen-bond acceptors (Lipinski definition) is 4. The van der Waals surface area contributed by atoms with Crippen LogP contribution in [0, 0.1) is 0 Å². The van der Waals surface area contributed by atoms with Gasteiger partial charge >= 0.3 is 5.97 Å². The third-order valence-corrected chi connectivity index (χ3v) is 2.65. The van der Waals surface area contributed by atoms with Gasteiger partial charge in [-0.05, 0) is 12.1 Å². The van der Waals surface area contributed by atoms with Gasteiger partial charge in [0, 0.05) is 6.07 Å². The molecule has 0 aliphatic heterocycles. The van der Waals surface area contributed by atoms with Crippen LogP contribution in [0.1, 0.15) is 16.2 Å². The van der Waals surface area contributed by atoms with Crippen LogP contribution >= 0.6 is 23.2 Å². The van der Waals surface area contributed by atoms with E-state index >= 15 is 0 Å². The Kier molecular flexibility index (Phi) is 3.74. The lowest BCUT2D eigenvalue weighted by Crippen LogP contribution is -1.96. The molecule has 18 heavy (non-hydrogen) atoms. The molecule has 1 aromatic heterocycles. The number of carboxylic acids is 1. The molecule has 0 unspecified atom stereocenters. The molecule has 0 amide bonds. The van der Waals surface area contributed by atoms with E-state index in [1.165, 1.54) is 6.07 Å². The lowest BCUT2D eigenvalue weighted by atomic mass is 10.3. The molecule has 1 N–H and O–H groups in total. The minimum Gasteiger partial charge on any atom is -0.482 e. The first kappa shape index (κ1) is 12.7. The van der Waals surface area contributed by atoms with Crippen LogP contribution in [0.25, 0.3) is 0 Å². The zero-order valence-corrected chi connectivity index (χ0v) is 10.4. The van der Waals surface area contributed by atoms with E-state index in [-0.39, 0.29) is 18.1 Å². The Morgan fingerprint density at radius 1 is 1.39 bits per heavy atom. The van der Waals surface area contributed by atoms with Gasteiger partial charge in [-0.1, -0.05) is 34.4 Å². The molecule has 0 saturated carbocycles. The average molecular weight is 288 g/mol. The van der Waals surface area contributed by atoms with Gasteiger partial charge in [0.1, 0.15) is 6.61 Å². The maximum Gasteiger partial charge on any atom is 0.358 e. The van der Waals surface area contributed by atoms with Crippen molar-refractivity contribution in [1.82, 2.24) is 5.16 Å². The molecule has 2 aromatic rings. The second kappa shape index (κ2) is 5.29. The number of nitrogens with zero attached hydrogens (tertiary/aromatic N) is 1. The number of aromatic nitrogens is 1. The van der Waals surface area contributed by atoms with Gasteiger partial charge in [0.15, 0.2) is 17.2 Å². The lowest BCUT2D eigenvalue weighted by Gasteiger charge is -2.07. The van der Waals surface area contributed by atoms with Gasteiger partial charge in [-0.2, -0.15) is 0 Å². The number of hydrogen-bond donors (Lipinski definition) is 1. The van der Waals surface area contributed by atoms with Crippen molar-refractivity contribution in [3.8, 4) is 5.75 Å². The minimum absolute atomic E-state index is 0.0102. The van der Waals surface area contributed by atoms with Crippen LogP contribution in [0.15, 0.2) is 28.8 Å². The standard InChI is InChI=1S/C11H7Cl2NO4/c12-7-2-1-3-8(13)10(7)17-5-6-4-9(11(15)16)14-18-6/h1-4H,5H2,(H,15,16). The molecular formula is C11H7Cl2NO4. The maximum atomic E-state index is 10.6. The molecule has 5 nitrogen and oxygen atoms in total. The molecular weight excluding hydrogens is 281 g/mol. The first-order valence-corrected chi connectivity index (χ1v) is 5.59. The highest BCUT2D eigenvalue weighted by atomic mass is 35.5. The Balaban J connectivity index is 2.09. The summed E-state index contributed by atoms with van der Waals surface area (Å²) in [6.45, 7) is -0.0102. The molecule has 7 heteroatoms. The van der Waals surface area contributed by atoms with Crippen molar-refractivity contribution in [2.75, 3.05) is 0 Å². The van der Waals surface area contributed by atoms with Crippen LogP contribution in [0.2, 0.25) is 10.0 Å². The fourth-order valence-electron chi connectivity index (χ4n) is 1.25. The highest BCUT2D eigenvalue weighted by Gasteiger charge is 2.12. The Morgan fingerprint density at radius 3 is 2.61 bits per heavy atom. The first-order chi connectivity index (χ1) is 8.58. The summed E-state index contributed by atoms with van der Waals surface area (Å²) in [5.74, 6) is -0.585. The Morgan fingerprint density at radius 2 is 2.06 bits per heavy atom. The summed E-state index contributed by atoms with van der Waals surface area (Å²) in [5, 5.41) is 12.7. The van der Waals surface area contributed by atoms with Gasteiger partial charge in [-0.15, -0.1) is 0 Å². The van der Waals surface area contributed by atoms with Crippen LogP contribution in [0.3, 0.4) is 0 Å². The number of rotatable bonds is 4. The molecule has 0 spiro atoms. The normalized spacial score (nSPS) is 10.3. The SMILES string of the molecule is O=C(O)c1cc(COc2c(Cl)cccc2Cl)on1. The fraction of sp³-hybridized carbons (Fsp3) is 0.0909. The van der Waals surface area contributed by atoms with Crippen LogP contribution < -0.4 is 4.74 Å². The Labute approximate surface area is 112 Å². The number of aromatic carboxylic acids is 1. The highest BCUT2D eigenvalue weighted by molar-refractivity contribution is 6.37. The summed E-state index contributed by atoms with van der Waals surface area (Å²) in [6, 6.07) is 6.22. The summed E-state index contributed by atoms with van der Waals surface area (Å²) >= 11 is 11.8. The summed E-state index contributed by atoms with van der Waals surface area (Å²) in [6.07, 6.45) is 0. The van der Waals surface area contributed by atoms with Crippen molar-refractivity contribution < 1.29 is 19.2 Å². The number of halogens is 2. The smallest absolute Gasteiger partial charge is 0.358 e. The topological polar surface area (TPSA) is 72.6 Å². The van der Waals surface area contributed by atoms with Crippen LogP contribution in [0.5, 0.6) is 5.75 Å². The number of carbonyl (C=O) groups is 1.